The Balaban J connectivity index is 1.80. The van der Waals surface area contributed by atoms with Crippen LogP contribution in [0.4, 0.5) is 0 Å². The Bertz CT molecular complexity index is 297. The standard InChI is InChI=1S/C13H21NO3/c15-12(8-7-10-4-1-2-5-10)14-9-3-6-11(14)13(16)17/h10-11H,1-9H2,(H,16,17)/t11-/m0/s1. The molecule has 1 atom stereocenters. The van der Waals surface area contributed by atoms with Crippen LogP contribution in [0, 0.1) is 5.92 Å². The Morgan fingerprint density at radius 2 is 1.82 bits per heavy atom. The minimum atomic E-state index is -0.850. The summed E-state index contributed by atoms with van der Waals surface area (Å²) in [5.74, 6) is -0.108. The molecule has 0 bridgehead atoms. The minimum Gasteiger partial charge on any atom is -0.480 e. The van der Waals surface area contributed by atoms with Crippen molar-refractivity contribution in [3.05, 3.63) is 0 Å². The molecule has 0 aromatic carbocycles. The van der Waals surface area contributed by atoms with Crippen molar-refractivity contribution in [2.45, 2.75) is 57.4 Å². The molecule has 4 nitrogen and oxygen atoms in total. The van der Waals surface area contributed by atoms with Gasteiger partial charge in [-0.2, -0.15) is 0 Å². The van der Waals surface area contributed by atoms with Crippen LogP contribution < -0.4 is 0 Å². The summed E-state index contributed by atoms with van der Waals surface area (Å²) in [5.41, 5.74) is 0. The van der Waals surface area contributed by atoms with Crippen LogP contribution in [0.25, 0.3) is 0 Å². The quantitative estimate of drug-likeness (QED) is 0.816. The number of carboxylic acids is 1. The van der Waals surface area contributed by atoms with Crippen LogP contribution >= 0.6 is 0 Å². The van der Waals surface area contributed by atoms with Gasteiger partial charge in [0.05, 0.1) is 0 Å². The smallest absolute Gasteiger partial charge is 0.326 e. The van der Waals surface area contributed by atoms with Crippen LogP contribution in [0.1, 0.15) is 51.4 Å². The van der Waals surface area contributed by atoms with E-state index in [4.69, 9.17) is 5.11 Å². The number of hydrogen-bond donors (Lipinski definition) is 1. The molecule has 0 radical (unpaired) electrons. The van der Waals surface area contributed by atoms with E-state index in [0.29, 0.717) is 25.3 Å². The summed E-state index contributed by atoms with van der Waals surface area (Å²) in [7, 11) is 0. The second kappa shape index (κ2) is 5.52. The fourth-order valence-corrected chi connectivity index (χ4v) is 3.09. The van der Waals surface area contributed by atoms with E-state index in [0.717, 1.165) is 12.8 Å². The van der Waals surface area contributed by atoms with E-state index in [1.165, 1.54) is 25.7 Å². The van der Waals surface area contributed by atoms with Gasteiger partial charge in [0.15, 0.2) is 0 Å². The van der Waals surface area contributed by atoms with Gasteiger partial charge in [-0.15, -0.1) is 0 Å². The van der Waals surface area contributed by atoms with E-state index in [2.05, 4.69) is 0 Å². The van der Waals surface area contributed by atoms with E-state index in [9.17, 15) is 9.59 Å². The molecule has 0 spiro atoms. The average Bonchev–Trinajstić information content (AvgIpc) is 2.96. The summed E-state index contributed by atoms with van der Waals surface area (Å²) in [5, 5.41) is 9.02. The van der Waals surface area contributed by atoms with E-state index in [1.54, 1.807) is 4.90 Å². The molecule has 2 rings (SSSR count). The van der Waals surface area contributed by atoms with Gasteiger partial charge >= 0.3 is 5.97 Å². The third-order valence-corrected chi connectivity index (χ3v) is 4.10. The van der Waals surface area contributed by atoms with Crippen LogP contribution in [0.15, 0.2) is 0 Å². The minimum absolute atomic E-state index is 0.0433. The first-order chi connectivity index (χ1) is 8.18. The zero-order valence-electron chi connectivity index (χ0n) is 10.2. The summed E-state index contributed by atoms with van der Waals surface area (Å²) >= 11 is 0. The Morgan fingerprint density at radius 1 is 1.12 bits per heavy atom. The van der Waals surface area contributed by atoms with Crippen LogP contribution in [0.2, 0.25) is 0 Å². The van der Waals surface area contributed by atoms with E-state index >= 15 is 0 Å². The summed E-state index contributed by atoms with van der Waals surface area (Å²) in [6, 6.07) is -0.564. The van der Waals surface area contributed by atoms with Crippen molar-refractivity contribution in [2.75, 3.05) is 6.54 Å². The van der Waals surface area contributed by atoms with Gasteiger partial charge in [-0.05, 0) is 25.2 Å². The molecule has 4 heteroatoms. The molecule has 1 saturated heterocycles. The highest BCUT2D eigenvalue weighted by Crippen LogP contribution is 2.29. The van der Waals surface area contributed by atoms with E-state index in [-0.39, 0.29) is 5.91 Å². The molecular formula is C13H21NO3. The lowest BCUT2D eigenvalue weighted by molar-refractivity contribution is -0.148. The van der Waals surface area contributed by atoms with Crippen LogP contribution in [0.5, 0.6) is 0 Å². The number of aliphatic carboxylic acids is 1. The van der Waals surface area contributed by atoms with Crippen molar-refractivity contribution >= 4 is 11.9 Å². The Hall–Kier alpha value is -1.06. The summed E-state index contributed by atoms with van der Waals surface area (Å²) in [6.07, 6.45) is 8.00. The van der Waals surface area contributed by atoms with Gasteiger partial charge < -0.3 is 10.0 Å². The number of carboxylic acid groups (broad SMARTS) is 1. The van der Waals surface area contributed by atoms with Crippen molar-refractivity contribution in [3.63, 3.8) is 0 Å². The molecule has 1 heterocycles. The number of hydrogen-bond acceptors (Lipinski definition) is 2. The molecule has 2 aliphatic rings. The number of nitrogens with zero attached hydrogens (tertiary/aromatic N) is 1. The maximum Gasteiger partial charge on any atom is 0.326 e. The van der Waals surface area contributed by atoms with Gasteiger partial charge in [0.25, 0.3) is 0 Å². The number of rotatable bonds is 4. The van der Waals surface area contributed by atoms with Gasteiger partial charge in [0, 0.05) is 13.0 Å². The number of amides is 1. The molecule has 1 aliphatic carbocycles. The predicted molar refractivity (Wildman–Crippen MR) is 63.6 cm³/mol. The predicted octanol–water partition coefficient (Wildman–Crippen LogP) is 2.03. The second-order valence-electron chi connectivity index (χ2n) is 5.27. The lowest BCUT2D eigenvalue weighted by Crippen LogP contribution is -2.40. The van der Waals surface area contributed by atoms with Gasteiger partial charge in [-0.25, -0.2) is 4.79 Å². The first-order valence-corrected chi connectivity index (χ1v) is 6.71. The van der Waals surface area contributed by atoms with E-state index < -0.39 is 12.0 Å². The zero-order chi connectivity index (χ0) is 12.3. The highest BCUT2D eigenvalue weighted by molar-refractivity contribution is 5.84. The fraction of sp³-hybridized carbons (Fsp3) is 0.846. The van der Waals surface area contributed by atoms with Gasteiger partial charge in [-0.1, -0.05) is 25.7 Å². The molecule has 0 aromatic rings. The second-order valence-corrected chi connectivity index (χ2v) is 5.27. The lowest BCUT2D eigenvalue weighted by atomic mass is 10.0. The molecule has 1 N–H and O–H groups in total. The highest BCUT2D eigenvalue weighted by Gasteiger charge is 2.33. The first kappa shape index (κ1) is 12.4. The number of carbonyl (C=O) groups excluding carboxylic acids is 1. The van der Waals surface area contributed by atoms with Gasteiger partial charge in [0.2, 0.25) is 5.91 Å². The third kappa shape index (κ3) is 2.99. The van der Waals surface area contributed by atoms with Crippen molar-refractivity contribution < 1.29 is 14.7 Å². The van der Waals surface area contributed by atoms with Crippen LogP contribution in [0.3, 0.4) is 0 Å². The summed E-state index contributed by atoms with van der Waals surface area (Å²) in [4.78, 5) is 24.5. The number of likely N-dealkylation sites (tertiary alicyclic amines) is 1. The molecule has 1 amide bonds. The monoisotopic (exact) mass is 239 g/mol. The molecule has 2 fully saturated rings. The number of carbonyl (C=O) groups is 2. The molecular weight excluding hydrogens is 218 g/mol. The zero-order valence-corrected chi connectivity index (χ0v) is 10.2. The van der Waals surface area contributed by atoms with Crippen molar-refractivity contribution in [1.29, 1.82) is 0 Å². The van der Waals surface area contributed by atoms with Gasteiger partial charge in [-0.3, -0.25) is 4.79 Å². The van der Waals surface area contributed by atoms with Crippen molar-refractivity contribution in [1.82, 2.24) is 4.90 Å². The molecule has 0 aromatic heterocycles. The Kier molecular flexibility index (Phi) is 4.02. The average molecular weight is 239 g/mol. The maximum atomic E-state index is 12.0. The van der Waals surface area contributed by atoms with Gasteiger partial charge in [0.1, 0.15) is 6.04 Å². The molecule has 1 saturated carbocycles. The highest BCUT2D eigenvalue weighted by atomic mass is 16.4. The van der Waals surface area contributed by atoms with Crippen LogP contribution in [-0.2, 0) is 9.59 Å². The molecule has 1 aliphatic heterocycles. The van der Waals surface area contributed by atoms with Crippen LogP contribution in [-0.4, -0.2) is 34.5 Å². The molecule has 17 heavy (non-hydrogen) atoms. The maximum absolute atomic E-state index is 12.0. The van der Waals surface area contributed by atoms with Crippen molar-refractivity contribution in [2.24, 2.45) is 5.92 Å². The molecule has 96 valence electrons. The largest absolute Gasteiger partial charge is 0.480 e. The summed E-state index contributed by atoms with van der Waals surface area (Å²) in [6.45, 7) is 0.625. The first-order valence-electron chi connectivity index (χ1n) is 6.71. The van der Waals surface area contributed by atoms with Crippen molar-refractivity contribution in [3.8, 4) is 0 Å². The normalized spacial score (nSPS) is 25.4. The topological polar surface area (TPSA) is 57.6 Å². The Morgan fingerprint density at radius 3 is 2.47 bits per heavy atom. The van der Waals surface area contributed by atoms with E-state index in [1.807, 2.05) is 0 Å². The SMILES string of the molecule is O=C(O)[C@@H]1CCCN1C(=O)CCC1CCCC1. The lowest BCUT2D eigenvalue weighted by Gasteiger charge is -2.22. The fourth-order valence-electron chi connectivity index (χ4n) is 3.09. The molecule has 0 unspecified atom stereocenters. The summed E-state index contributed by atoms with van der Waals surface area (Å²) < 4.78 is 0. The third-order valence-electron chi connectivity index (χ3n) is 4.10. The Labute approximate surface area is 102 Å².